The van der Waals surface area contributed by atoms with Crippen LogP contribution in [0.3, 0.4) is 0 Å². The summed E-state index contributed by atoms with van der Waals surface area (Å²) >= 11 is 1.82. The first-order chi connectivity index (χ1) is 14.4. The number of thioether (sulfide) groups is 1. The van der Waals surface area contributed by atoms with E-state index in [4.69, 9.17) is 4.74 Å². The molecule has 2 fully saturated rings. The fourth-order valence-corrected chi connectivity index (χ4v) is 6.67. The van der Waals surface area contributed by atoms with Crippen molar-refractivity contribution in [3.63, 3.8) is 0 Å². The molecule has 2 saturated heterocycles. The summed E-state index contributed by atoms with van der Waals surface area (Å²) in [6, 6.07) is 2.67. The van der Waals surface area contributed by atoms with Crippen LogP contribution < -0.4 is 5.56 Å². The van der Waals surface area contributed by atoms with Crippen molar-refractivity contribution in [1.82, 2.24) is 13.8 Å². The molecule has 0 spiro atoms. The molecule has 0 aromatic carbocycles. The standard InChI is InChI=1S/C20H31N3O5S2/c1-3-22(4-2)30(26,27)18-7-8-19(24)21(13-18)14-20(25)23(16-9-11-29-15-16)12-17-6-5-10-28-17/h7-8,13,16-17H,3-6,9-12,14-15H2,1-2H3. The molecule has 3 heterocycles. The zero-order chi connectivity index (χ0) is 21.7. The molecular formula is C20H31N3O5S2. The van der Waals surface area contributed by atoms with Crippen molar-refractivity contribution in [3.8, 4) is 0 Å². The Balaban J connectivity index is 1.82. The summed E-state index contributed by atoms with van der Waals surface area (Å²) in [4.78, 5) is 27.4. The normalized spacial score (nSPS) is 22.0. The molecule has 168 valence electrons. The molecule has 3 rings (SSSR count). The molecule has 0 radical (unpaired) electrons. The summed E-state index contributed by atoms with van der Waals surface area (Å²) in [6.45, 7) is 5.28. The summed E-state index contributed by atoms with van der Waals surface area (Å²) in [5.74, 6) is 1.72. The number of sulfonamides is 1. The molecule has 0 aliphatic carbocycles. The number of aromatic nitrogens is 1. The van der Waals surface area contributed by atoms with E-state index in [0.717, 1.165) is 37.4 Å². The molecule has 2 atom stereocenters. The first-order valence-corrected chi connectivity index (χ1v) is 13.2. The third-order valence-corrected chi connectivity index (χ3v) is 8.87. The Morgan fingerprint density at radius 2 is 2.03 bits per heavy atom. The van der Waals surface area contributed by atoms with Gasteiger partial charge >= 0.3 is 0 Å². The number of ether oxygens (including phenoxy) is 1. The topological polar surface area (TPSA) is 88.9 Å². The van der Waals surface area contributed by atoms with Crippen LogP contribution in [0.4, 0.5) is 0 Å². The maximum atomic E-state index is 13.2. The summed E-state index contributed by atoms with van der Waals surface area (Å²) in [5, 5.41) is 0. The predicted molar refractivity (Wildman–Crippen MR) is 117 cm³/mol. The van der Waals surface area contributed by atoms with Gasteiger partial charge in [0.1, 0.15) is 6.54 Å². The third-order valence-electron chi connectivity index (χ3n) is 5.70. The monoisotopic (exact) mass is 457 g/mol. The van der Waals surface area contributed by atoms with Gasteiger partial charge in [-0.3, -0.25) is 9.59 Å². The average Bonchev–Trinajstić information content (AvgIpc) is 3.42. The van der Waals surface area contributed by atoms with Gasteiger partial charge in [-0.1, -0.05) is 13.8 Å². The maximum absolute atomic E-state index is 13.2. The zero-order valence-corrected chi connectivity index (χ0v) is 19.3. The van der Waals surface area contributed by atoms with Crippen molar-refractivity contribution in [2.75, 3.05) is 37.7 Å². The first-order valence-electron chi connectivity index (χ1n) is 10.6. The second-order valence-electron chi connectivity index (χ2n) is 7.62. The minimum atomic E-state index is -3.71. The molecule has 1 amide bonds. The molecule has 8 nitrogen and oxygen atoms in total. The summed E-state index contributed by atoms with van der Waals surface area (Å²) in [5.41, 5.74) is -0.389. The van der Waals surface area contributed by atoms with Gasteiger partial charge in [-0.25, -0.2) is 8.42 Å². The van der Waals surface area contributed by atoms with Crippen LogP contribution >= 0.6 is 11.8 Å². The van der Waals surface area contributed by atoms with Crippen LogP contribution in [0, 0.1) is 0 Å². The largest absolute Gasteiger partial charge is 0.376 e. The Kier molecular flexibility index (Phi) is 8.00. The highest BCUT2D eigenvalue weighted by Gasteiger charge is 2.31. The minimum Gasteiger partial charge on any atom is -0.376 e. The van der Waals surface area contributed by atoms with Gasteiger partial charge in [0, 0.05) is 50.3 Å². The molecular weight excluding hydrogens is 426 g/mol. The van der Waals surface area contributed by atoms with Gasteiger partial charge in [-0.05, 0) is 31.1 Å². The van der Waals surface area contributed by atoms with E-state index in [9.17, 15) is 18.0 Å². The summed E-state index contributed by atoms with van der Waals surface area (Å²) < 4.78 is 33.9. The van der Waals surface area contributed by atoms with Crippen molar-refractivity contribution in [2.24, 2.45) is 0 Å². The average molecular weight is 458 g/mol. The Bertz CT molecular complexity index is 886. The van der Waals surface area contributed by atoms with Crippen molar-refractivity contribution < 1.29 is 17.9 Å². The first kappa shape index (κ1) is 23.3. The van der Waals surface area contributed by atoms with E-state index >= 15 is 0 Å². The molecule has 2 unspecified atom stereocenters. The summed E-state index contributed by atoms with van der Waals surface area (Å²) in [6.07, 6.45) is 4.18. The fourth-order valence-electron chi connectivity index (χ4n) is 3.96. The lowest BCUT2D eigenvalue weighted by Crippen LogP contribution is -2.47. The SMILES string of the molecule is CCN(CC)S(=O)(=O)c1ccc(=O)n(CC(=O)N(CC2CCCO2)C2CCSC2)c1. The van der Waals surface area contributed by atoms with Gasteiger partial charge in [-0.2, -0.15) is 16.1 Å². The maximum Gasteiger partial charge on any atom is 0.251 e. The Hall–Kier alpha value is -1.36. The highest BCUT2D eigenvalue weighted by atomic mass is 32.2. The smallest absolute Gasteiger partial charge is 0.251 e. The zero-order valence-electron chi connectivity index (χ0n) is 17.7. The van der Waals surface area contributed by atoms with Crippen LogP contribution in [0.5, 0.6) is 0 Å². The highest BCUT2D eigenvalue weighted by molar-refractivity contribution is 7.99. The molecule has 0 bridgehead atoms. The second-order valence-corrected chi connectivity index (χ2v) is 10.7. The van der Waals surface area contributed by atoms with E-state index in [1.165, 1.54) is 27.2 Å². The van der Waals surface area contributed by atoms with E-state index < -0.39 is 10.0 Å². The van der Waals surface area contributed by atoms with Gasteiger partial charge in [0.25, 0.3) is 5.56 Å². The molecule has 30 heavy (non-hydrogen) atoms. The molecule has 1 aromatic rings. The van der Waals surface area contributed by atoms with Gasteiger partial charge < -0.3 is 14.2 Å². The van der Waals surface area contributed by atoms with E-state index in [1.54, 1.807) is 13.8 Å². The lowest BCUT2D eigenvalue weighted by atomic mass is 10.1. The molecule has 2 aliphatic rings. The number of nitrogens with zero attached hydrogens (tertiary/aromatic N) is 3. The third kappa shape index (κ3) is 5.27. The van der Waals surface area contributed by atoms with Crippen molar-refractivity contribution in [3.05, 3.63) is 28.7 Å². The van der Waals surface area contributed by atoms with Gasteiger partial charge in [-0.15, -0.1) is 0 Å². The number of hydrogen-bond acceptors (Lipinski definition) is 6. The van der Waals surface area contributed by atoms with E-state index in [-0.39, 0.29) is 35.1 Å². The van der Waals surface area contributed by atoms with Gasteiger partial charge in [0.15, 0.2) is 0 Å². The van der Waals surface area contributed by atoms with E-state index in [0.29, 0.717) is 19.6 Å². The number of amides is 1. The highest BCUT2D eigenvalue weighted by Crippen LogP contribution is 2.25. The van der Waals surface area contributed by atoms with Crippen LogP contribution in [-0.2, 0) is 26.1 Å². The Morgan fingerprint density at radius 1 is 1.27 bits per heavy atom. The minimum absolute atomic E-state index is 0.0284. The van der Waals surface area contributed by atoms with Crippen LogP contribution in [0.2, 0.25) is 0 Å². The fraction of sp³-hybridized carbons (Fsp3) is 0.700. The van der Waals surface area contributed by atoms with Crippen molar-refractivity contribution >= 4 is 27.7 Å². The molecule has 0 saturated carbocycles. The van der Waals surface area contributed by atoms with Crippen LogP contribution in [0.25, 0.3) is 0 Å². The molecule has 2 aliphatic heterocycles. The van der Waals surface area contributed by atoms with E-state index in [2.05, 4.69) is 0 Å². The Labute approximate surface area is 182 Å². The van der Waals surface area contributed by atoms with E-state index in [1.807, 2.05) is 16.7 Å². The second kappa shape index (κ2) is 10.3. The molecule has 1 aromatic heterocycles. The summed E-state index contributed by atoms with van der Waals surface area (Å²) in [7, 11) is -3.71. The van der Waals surface area contributed by atoms with Crippen LogP contribution in [0.1, 0.15) is 33.1 Å². The van der Waals surface area contributed by atoms with Gasteiger partial charge in [0.2, 0.25) is 15.9 Å². The molecule has 0 N–H and O–H groups in total. The molecule has 10 heteroatoms. The number of carbonyl (C=O) groups is 1. The lowest BCUT2D eigenvalue weighted by molar-refractivity contribution is -0.135. The van der Waals surface area contributed by atoms with Crippen LogP contribution in [0.15, 0.2) is 28.0 Å². The van der Waals surface area contributed by atoms with Crippen molar-refractivity contribution in [2.45, 2.75) is 56.7 Å². The Morgan fingerprint density at radius 3 is 2.63 bits per heavy atom. The van der Waals surface area contributed by atoms with Crippen LogP contribution in [-0.4, -0.2) is 78.0 Å². The number of hydrogen-bond donors (Lipinski definition) is 0. The number of carbonyl (C=O) groups excluding carboxylic acids is 1. The van der Waals surface area contributed by atoms with Crippen molar-refractivity contribution in [1.29, 1.82) is 0 Å². The number of rotatable bonds is 9. The van der Waals surface area contributed by atoms with Gasteiger partial charge in [0.05, 0.1) is 11.0 Å². The quantitative estimate of drug-likeness (QED) is 0.557. The lowest BCUT2D eigenvalue weighted by Gasteiger charge is -2.31. The number of pyridine rings is 1. The predicted octanol–water partition coefficient (Wildman–Crippen LogP) is 1.39.